The monoisotopic (exact) mass is 476 g/mol. The van der Waals surface area contributed by atoms with Crippen LogP contribution in [-0.2, 0) is 29.4 Å². The van der Waals surface area contributed by atoms with E-state index in [-0.39, 0.29) is 11.8 Å². The van der Waals surface area contributed by atoms with Gasteiger partial charge in [0, 0.05) is 74.8 Å². The molecule has 1 N–H and O–H groups in total. The number of nitrogens with one attached hydrogen (secondary N) is 1. The molecule has 0 saturated carbocycles. The first-order valence-corrected chi connectivity index (χ1v) is 12.9. The molecule has 7 heteroatoms. The average Bonchev–Trinajstić information content (AvgIpc) is 3.49. The fraction of sp³-hybridized carbons (Fsp3) is 0.500. The van der Waals surface area contributed by atoms with Gasteiger partial charge in [0.15, 0.2) is 0 Å². The van der Waals surface area contributed by atoms with Crippen molar-refractivity contribution in [3.8, 4) is 0 Å². The third-order valence-electron chi connectivity index (χ3n) is 7.94. The van der Waals surface area contributed by atoms with Crippen LogP contribution in [0.1, 0.15) is 53.7 Å². The third kappa shape index (κ3) is 5.01. The van der Waals surface area contributed by atoms with Crippen molar-refractivity contribution < 1.29 is 14.3 Å². The second-order valence-corrected chi connectivity index (χ2v) is 10.1. The highest BCUT2D eigenvalue weighted by atomic mass is 16.5. The Kier molecular flexibility index (Phi) is 6.95. The van der Waals surface area contributed by atoms with Crippen molar-refractivity contribution in [1.29, 1.82) is 0 Å². The second kappa shape index (κ2) is 10.3. The lowest BCUT2D eigenvalue weighted by Gasteiger charge is -2.33. The van der Waals surface area contributed by atoms with E-state index in [1.807, 2.05) is 25.2 Å². The number of hydrogen-bond donors (Lipinski definition) is 1. The van der Waals surface area contributed by atoms with Gasteiger partial charge in [0.2, 0.25) is 5.91 Å². The third-order valence-corrected chi connectivity index (χ3v) is 7.94. The van der Waals surface area contributed by atoms with Gasteiger partial charge >= 0.3 is 0 Å². The van der Waals surface area contributed by atoms with Crippen molar-refractivity contribution in [3.05, 3.63) is 59.5 Å². The van der Waals surface area contributed by atoms with Gasteiger partial charge in [-0.1, -0.05) is 0 Å². The van der Waals surface area contributed by atoms with Crippen LogP contribution in [-0.4, -0.2) is 52.8 Å². The molecule has 1 aliphatic carbocycles. The molecule has 3 aromatic rings. The first kappa shape index (κ1) is 23.7. The smallest absolute Gasteiger partial charge is 0.253 e. The summed E-state index contributed by atoms with van der Waals surface area (Å²) in [7, 11) is 3.97. The first-order chi connectivity index (χ1) is 17.0. The van der Waals surface area contributed by atoms with Crippen LogP contribution in [0.15, 0.2) is 42.7 Å². The lowest BCUT2D eigenvalue weighted by atomic mass is 9.75. The van der Waals surface area contributed by atoms with Crippen molar-refractivity contribution in [2.24, 2.45) is 18.9 Å². The number of aryl methyl sites for hydroxylation is 1. The van der Waals surface area contributed by atoms with Crippen LogP contribution >= 0.6 is 0 Å². The van der Waals surface area contributed by atoms with E-state index in [4.69, 9.17) is 4.74 Å². The molecule has 0 spiro atoms. The van der Waals surface area contributed by atoms with Gasteiger partial charge in [-0.3, -0.25) is 19.7 Å². The molecule has 7 nitrogen and oxygen atoms in total. The van der Waals surface area contributed by atoms with Crippen molar-refractivity contribution in [3.63, 3.8) is 0 Å². The lowest BCUT2D eigenvalue weighted by Crippen LogP contribution is -2.29. The Morgan fingerprint density at radius 1 is 1.11 bits per heavy atom. The Hall–Kier alpha value is -3.06. The maximum Gasteiger partial charge on any atom is 0.253 e. The number of fused-ring (bicyclic) bond motifs is 3. The van der Waals surface area contributed by atoms with E-state index in [0.29, 0.717) is 25.3 Å². The fourth-order valence-electron chi connectivity index (χ4n) is 5.94. The molecule has 186 valence electrons. The predicted octanol–water partition coefficient (Wildman–Crippen LogP) is 4.13. The van der Waals surface area contributed by atoms with Crippen LogP contribution in [0.4, 0.5) is 0 Å². The molecule has 35 heavy (non-hydrogen) atoms. The van der Waals surface area contributed by atoms with Gasteiger partial charge in [-0.05, 0) is 86.3 Å². The average molecular weight is 477 g/mol. The van der Waals surface area contributed by atoms with Crippen LogP contribution in [0.5, 0.6) is 0 Å². The van der Waals surface area contributed by atoms with Crippen molar-refractivity contribution in [2.75, 3.05) is 32.2 Å². The van der Waals surface area contributed by atoms with E-state index in [2.05, 4.69) is 29.2 Å². The largest absolute Gasteiger partial charge is 0.381 e. The van der Waals surface area contributed by atoms with Crippen molar-refractivity contribution >= 4 is 22.7 Å². The van der Waals surface area contributed by atoms with Crippen molar-refractivity contribution in [1.82, 2.24) is 14.1 Å². The maximum absolute atomic E-state index is 13.2. The van der Waals surface area contributed by atoms with Gasteiger partial charge in [0.05, 0.1) is 0 Å². The first-order valence-electron chi connectivity index (χ1n) is 12.9. The van der Waals surface area contributed by atoms with Crippen LogP contribution in [0.3, 0.4) is 0 Å². The molecular formula is C28H36N4O3. The zero-order valence-electron chi connectivity index (χ0n) is 20.8. The minimum atomic E-state index is -0.0570. The number of rotatable bonds is 7. The quantitative estimate of drug-likeness (QED) is 0.557. The minimum Gasteiger partial charge on any atom is -0.381 e. The molecule has 3 heterocycles. The van der Waals surface area contributed by atoms with Gasteiger partial charge < -0.3 is 14.2 Å². The van der Waals surface area contributed by atoms with Crippen LogP contribution in [0.2, 0.25) is 0 Å². The Bertz CT molecular complexity index is 1190. The van der Waals surface area contributed by atoms with E-state index in [1.165, 1.54) is 41.4 Å². The highest BCUT2D eigenvalue weighted by Gasteiger charge is 2.31. The second-order valence-electron chi connectivity index (χ2n) is 10.1. The molecule has 2 aliphatic rings. The molecule has 0 bridgehead atoms. The molecule has 1 aliphatic heterocycles. The van der Waals surface area contributed by atoms with Crippen LogP contribution in [0, 0.1) is 11.8 Å². The maximum atomic E-state index is 13.2. The van der Waals surface area contributed by atoms with E-state index < -0.39 is 0 Å². The summed E-state index contributed by atoms with van der Waals surface area (Å²) in [6.45, 7) is 2.32. The van der Waals surface area contributed by atoms with E-state index in [0.717, 1.165) is 37.5 Å². The molecule has 2 amide bonds. The number of benzene rings is 1. The summed E-state index contributed by atoms with van der Waals surface area (Å²) in [6, 6.07) is 9.86. The van der Waals surface area contributed by atoms with Crippen LogP contribution in [0.25, 0.3) is 10.9 Å². The molecule has 1 aromatic carbocycles. The molecule has 1 fully saturated rings. The summed E-state index contributed by atoms with van der Waals surface area (Å²) in [6.07, 6.45) is 10.4. The Balaban J connectivity index is 1.25. The number of hydrogen-bond acceptors (Lipinski definition) is 3. The van der Waals surface area contributed by atoms with Gasteiger partial charge in [0.1, 0.15) is 0 Å². The fourth-order valence-corrected chi connectivity index (χ4v) is 5.94. The summed E-state index contributed by atoms with van der Waals surface area (Å²) in [5.41, 5.74) is 7.59. The normalized spacial score (nSPS) is 18.4. The van der Waals surface area contributed by atoms with E-state index in [1.54, 1.807) is 22.0 Å². The highest BCUT2D eigenvalue weighted by molar-refractivity contribution is 5.99. The molecule has 5 rings (SSSR count). The molecular weight excluding hydrogens is 440 g/mol. The number of ether oxygens (including phenoxy) is 1. The Morgan fingerprint density at radius 2 is 1.89 bits per heavy atom. The summed E-state index contributed by atoms with van der Waals surface area (Å²) in [4.78, 5) is 27.0. The molecule has 2 aromatic heterocycles. The van der Waals surface area contributed by atoms with Gasteiger partial charge in [-0.25, -0.2) is 0 Å². The topological polar surface area (TPSA) is 68.5 Å². The zero-order chi connectivity index (χ0) is 24.4. The summed E-state index contributed by atoms with van der Waals surface area (Å²) in [5, 5.41) is 1.23. The minimum absolute atomic E-state index is 0.00658. The number of amides is 2. The van der Waals surface area contributed by atoms with Gasteiger partial charge in [-0.2, -0.15) is 0 Å². The van der Waals surface area contributed by atoms with Gasteiger partial charge in [-0.15, -0.1) is 0 Å². The SMILES string of the molecule is CN(CCCC(=O)Nn1cccc1)C(=O)c1ccc2c(c1)c1c(n2C)CCC(C2CCOCC2)C1. The molecule has 0 radical (unpaired) electrons. The van der Waals surface area contributed by atoms with Crippen molar-refractivity contribution in [2.45, 2.75) is 44.9 Å². The molecule has 1 unspecified atom stereocenters. The molecule has 1 saturated heterocycles. The summed E-state index contributed by atoms with van der Waals surface area (Å²) >= 11 is 0. The number of carbonyl (C=O) groups excluding carboxylic acids is 2. The highest BCUT2D eigenvalue weighted by Crippen LogP contribution is 2.39. The number of nitrogens with zero attached hydrogens (tertiary/aromatic N) is 3. The zero-order valence-corrected chi connectivity index (χ0v) is 20.8. The van der Waals surface area contributed by atoms with Crippen LogP contribution < -0.4 is 5.43 Å². The van der Waals surface area contributed by atoms with Gasteiger partial charge in [0.25, 0.3) is 5.91 Å². The summed E-state index contributed by atoms with van der Waals surface area (Å²) in [5.74, 6) is 1.40. The predicted molar refractivity (Wildman–Crippen MR) is 137 cm³/mol. The lowest BCUT2D eigenvalue weighted by molar-refractivity contribution is -0.117. The number of carbonyl (C=O) groups is 2. The Morgan fingerprint density at radius 3 is 2.66 bits per heavy atom. The standard InChI is InChI=1S/C28H36N4O3/c1-30(13-5-6-27(33)29-32-14-3-4-15-32)28(34)22-8-10-26-24(19-22)23-18-21(7-9-25(23)31(26)2)20-11-16-35-17-12-20/h3-4,8,10,14-15,19-21H,5-7,9,11-13,16-18H2,1-2H3,(H,29,33). The Labute approximate surface area is 207 Å². The van der Waals surface area contributed by atoms with E-state index in [9.17, 15) is 9.59 Å². The molecule has 1 atom stereocenters. The summed E-state index contributed by atoms with van der Waals surface area (Å²) < 4.78 is 9.56. The number of aromatic nitrogens is 2. The van der Waals surface area contributed by atoms with E-state index >= 15 is 0 Å².